The highest BCUT2D eigenvalue weighted by Gasteiger charge is 2.24. The van der Waals surface area contributed by atoms with E-state index in [-0.39, 0.29) is 17.8 Å². The van der Waals surface area contributed by atoms with Crippen molar-refractivity contribution in [2.24, 2.45) is 5.92 Å². The summed E-state index contributed by atoms with van der Waals surface area (Å²) in [5, 5.41) is 2.29. The van der Waals surface area contributed by atoms with E-state index in [1.165, 1.54) is 10.9 Å². The molecule has 1 aliphatic rings. The van der Waals surface area contributed by atoms with Gasteiger partial charge in [-0.2, -0.15) is 0 Å². The van der Waals surface area contributed by atoms with Gasteiger partial charge >= 0.3 is 6.01 Å². The first kappa shape index (κ1) is 21.0. The second kappa shape index (κ2) is 9.75. The van der Waals surface area contributed by atoms with E-state index < -0.39 is 0 Å². The molecule has 0 radical (unpaired) electrons. The lowest BCUT2D eigenvalue weighted by Crippen LogP contribution is -2.36. The molecule has 0 unspecified atom stereocenters. The van der Waals surface area contributed by atoms with Gasteiger partial charge in [-0.1, -0.05) is 24.3 Å². The summed E-state index contributed by atoms with van der Waals surface area (Å²) in [5.41, 5.74) is 1.80. The molecule has 0 bridgehead atoms. The van der Waals surface area contributed by atoms with Crippen LogP contribution in [-0.2, 0) is 11.2 Å². The second-order valence-electron chi connectivity index (χ2n) is 8.11. The Morgan fingerprint density at radius 2 is 1.94 bits per heavy atom. The Kier molecular flexibility index (Phi) is 6.21. The molecule has 0 N–H and O–H groups in total. The number of hydrogen-bond donors (Lipinski definition) is 0. The van der Waals surface area contributed by atoms with Crippen LogP contribution in [0.4, 0.5) is 0 Å². The smallest absolute Gasteiger partial charge is 0.321 e. The highest BCUT2D eigenvalue weighted by Crippen LogP contribution is 2.22. The van der Waals surface area contributed by atoms with Crippen molar-refractivity contribution in [3.05, 3.63) is 90.5 Å². The van der Waals surface area contributed by atoms with Gasteiger partial charge in [0.15, 0.2) is 0 Å². The molecule has 0 spiro atoms. The first-order valence-corrected chi connectivity index (χ1v) is 11.0. The molecular weight excluding hydrogens is 416 g/mol. The average molecular weight is 441 g/mol. The van der Waals surface area contributed by atoms with Crippen molar-refractivity contribution in [1.29, 1.82) is 0 Å². The summed E-state index contributed by atoms with van der Waals surface area (Å²) in [5.74, 6) is 0.711. The molecule has 7 nitrogen and oxygen atoms in total. The number of ether oxygens (including phenoxy) is 2. The van der Waals surface area contributed by atoms with E-state index in [4.69, 9.17) is 9.47 Å². The fraction of sp³-hybridized carbons (Fsp3) is 0.231. The van der Waals surface area contributed by atoms with Crippen LogP contribution in [0.2, 0.25) is 0 Å². The summed E-state index contributed by atoms with van der Waals surface area (Å²) >= 11 is 0. The molecule has 33 heavy (non-hydrogen) atoms. The molecule has 1 fully saturated rings. The number of pyridine rings is 1. The van der Waals surface area contributed by atoms with Crippen LogP contribution in [0.25, 0.3) is 10.8 Å². The summed E-state index contributed by atoms with van der Waals surface area (Å²) in [6.07, 6.45) is 7.75. The minimum absolute atomic E-state index is 0.0329. The molecule has 4 aromatic rings. The van der Waals surface area contributed by atoms with Crippen LogP contribution in [0.1, 0.15) is 15.9 Å². The minimum Gasteiger partial charge on any atom is -0.424 e. The molecule has 166 valence electrons. The molecular formula is C26H24N4O3. The maximum Gasteiger partial charge on any atom is 0.321 e. The third kappa shape index (κ3) is 5.15. The minimum atomic E-state index is -0.0329. The van der Waals surface area contributed by atoms with Gasteiger partial charge in [0.1, 0.15) is 5.75 Å². The van der Waals surface area contributed by atoms with Gasteiger partial charge in [-0.3, -0.25) is 9.78 Å². The van der Waals surface area contributed by atoms with E-state index in [1.807, 2.05) is 23.4 Å². The van der Waals surface area contributed by atoms with E-state index in [0.29, 0.717) is 37.6 Å². The Morgan fingerprint density at radius 1 is 1.03 bits per heavy atom. The number of aromatic nitrogens is 3. The maximum absolute atomic E-state index is 13.3. The highest BCUT2D eigenvalue weighted by atomic mass is 16.5. The number of fused-ring (bicyclic) bond motifs is 1. The standard InChI is InChI=1S/C26H24N4O3/c31-25(22-3-1-4-24(15-22)33-26-28-8-2-9-29-26)30-11-12-32-18-20(17-30)13-19-5-6-23-16-27-10-7-21(23)14-19/h1-10,14-16,20H,11-13,17-18H2/t20-/m0/s1. The SMILES string of the molecule is O=C(c1cccc(Oc2ncccn2)c1)N1CCOC[C@@H](Cc2ccc3cnccc3c2)C1. The van der Waals surface area contributed by atoms with E-state index >= 15 is 0 Å². The van der Waals surface area contributed by atoms with Crippen molar-refractivity contribution in [3.63, 3.8) is 0 Å². The number of hydrogen-bond acceptors (Lipinski definition) is 6. The zero-order valence-corrected chi connectivity index (χ0v) is 18.1. The predicted molar refractivity (Wildman–Crippen MR) is 124 cm³/mol. The summed E-state index contributed by atoms with van der Waals surface area (Å²) in [6.45, 7) is 2.36. The Labute approximate surface area is 192 Å². The first-order valence-electron chi connectivity index (χ1n) is 11.0. The number of rotatable bonds is 5. The van der Waals surface area contributed by atoms with Gasteiger partial charge in [0.25, 0.3) is 5.91 Å². The zero-order chi connectivity index (χ0) is 22.5. The van der Waals surface area contributed by atoms with E-state index in [2.05, 4.69) is 33.2 Å². The molecule has 5 rings (SSSR count). The molecule has 1 saturated heterocycles. The first-order chi connectivity index (χ1) is 16.2. The molecule has 7 heteroatoms. The lowest BCUT2D eigenvalue weighted by atomic mass is 9.97. The molecule has 2 aromatic heterocycles. The van der Waals surface area contributed by atoms with E-state index in [9.17, 15) is 4.79 Å². The van der Waals surface area contributed by atoms with Crippen molar-refractivity contribution in [1.82, 2.24) is 19.9 Å². The largest absolute Gasteiger partial charge is 0.424 e. The Bertz CT molecular complexity index is 1250. The Morgan fingerprint density at radius 3 is 2.85 bits per heavy atom. The van der Waals surface area contributed by atoms with Crippen molar-refractivity contribution >= 4 is 16.7 Å². The van der Waals surface area contributed by atoms with Crippen molar-refractivity contribution in [2.45, 2.75) is 6.42 Å². The molecule has 1 aliphatic heterocycles. The van der Waals surface area contributed by atoms with Crippen LogP contribution in [0, 0.1) is 5.92 Å². The van der Waals surface area contributed by atoms with Gasteiger partial charge in [-0.15, -0.1) is 0 Å². The molecule has 0 aliphatic carbocycles. The van der Waals surface area contributed by atoms with E-state index in [0.717, 1.165) is 11.8 Å². The van der Waals surface area contributed by atoms with E-state index in [1.54, 1.807) is 42.7 Å². The number of carbonyl (C=O) groups is 1. The average Bonchev–Trinajstić information content (AvgIpc) is 3.10. The Hall–Kier alpha value is -3.84. The number of nitrogens with zero attached hydrogens (tertiary/aromatic N) is 4. The van der Waals surface area contributed by atoms with Crippen LogP contribution in [0.15, 0.2) is 79.4 Å². The number of amides is 1. The van der Waals surface area contributed by atoms with Crippen molar-refractivity contribution in [3.8, 4) is 11.8 Å². The third-order valence-electron chi connectivity index (χ3n) is 5.69. The van der Waals surface area contributed by atoms with Crippen LogP contribution in [0.3, 0.4) is 0 Å². The van der Waals surface area contributed by atoms with Crippen molar-refractivity contribution in [2.75, 3.05) is 26.3 Å². The molecule has 1 amide bonds. The number of benzene rings is 2. The van der Waals surface area contributed by atoms with Gasteiger partial charge in [0.2, 0.25) is 0 Å². The maximum atomic E-state index is 13.3. The van der Waals surface area contributed by atoms with Crippen LogP contribution in [0.5, 0.6) is 11.8 Å². The van der Waals surface area contributed by atoms with Crippen LogP contribution >= 0.6 is 0 Å². The highest BCUT2D eigenvalue weighted by molar-refractivity contribution is 5.94. The lowest BCUT2D eigenvalue weighted by Gasteiger charge is -2.24. The zero-order valence-electron chi connectivity index (χ0n) is 18.1. The molecule has 1 atom stereocenters. The summed E-state index contributed by atoms with van der Waals surface area (Å²) < 4.78 is 11.5. The predicted octanol–water partition coefficient (Wildman–Crippen LogP) is 4.15. The summed E-state index contributed by atoms with van der Waals surface area (Å²) in [4.78, 5) is 27.5. The third-order valence-corrected chi connectivity index (χ3v) is 5.69. The summed E-state index contributed by atoms with van der Waals surface area (Å²) in [6, 6.07) is 17.5. The summed E-state index contributed by atoms with van der Waals surface area (Å²) in [7, 11) is 0. The normalized spacial score (nSPS) is 16.4. The van der Waals surface area contributed by atoms with Crippen LogP contribution in [-0.4, -0.2) is 52.1 Å². The van der Waals surface area contributed by atoms with Gasteiger partial charge in [0.05, 0.1) is 13.2 Å². The molecule has 3 heterocycles. The fourth-order valence-electron chi connectivity index (χ4n) is 4.10. The van der Waals surface area contributed by atoms with Crippen molar-refractivity contribution < 1.29 is 14.3 Å². The van der Waals surface area contributed by atoms with Gasteiger partial charge in [0, 0.05) is 54.7 Å². The topological polar surface area (TPSA) is 77.4 Å². The second-order valence-corrected chi connectivity index (χ2v) is 8.11. The molecule has 0 saturated carbocycles. The lowest BCUT2D eigenvalue weighted by molar-refractivity contribution is 0.0737. The quantitative estimate of drug-likeness (QED) is 0.464. The fourth-order valence-corrected chi connectivity index (χ4v) is 4.10. The molecule has 2 aromatic carbocycles. The Balaban J connectivity index is 1.29. The number of carbonyl (C=O) groups excluding carboxylic acids is 1. The monoisotopic (exact) mass is 440 g/mol. The van der Waals surface area contributed by atoms with Gasteiger partial charge in [-0.25, -0.2) is 9.97 Å². The van der Waals surface area contributed by atoms with Gasteiger partial charge < -0.3 is 14.4 Å². The van der Waals surface area contributed by atoms with Crippen LogP contribution < -0.4 is 4.74 Å². The van der Waals surface area contributed by atoms with Gasteiger partial charge in [-0.05, 0) is 47.7 Å².